The summed E-state index contributed by atoms with van der Waals surface area (Å²) in [6.07, 6.45) is -2.98. The molecule has 1 fully saturated rings. The number of aliphatic carboxylic acids is 1. The molecule has 1 heterocycles. The van der Waals surface area contributed by atoms with Gasteiger partial charge in [0.25, 0.3) is 0 Å². The third-order valence-corrected chi connectivity index (χ3v) is 4.66. The number of hydrogen-bond acceptors (Lipinski definition) is 3. The second kappa shape index (κ2) is 8.53. The molecule has 1 aliphatic heterocycles. The molecule has 0 aliphatic carbocycles. The first-order valence-electron chi connectivity index (χ1n) is 8.43. The maximum Gasteiger partial charge on any atom is 0.416 e. The molecule has 1 amide bonds. The van der Waals surface area contributed by atoms with Gasteiger partial charge in [-0.3, -0.25) is 9.59 Å². The molecule has 5 nitrogen and oxygen atoms in total. The molecule has 1 aromatic rings. The number of hydrogen-bond donors (Lipinski definition) is 1. The van der Waals surface area contributed by atoms with Crippen LogP contribution in [-0.4, -0.2) is 41.6 Å². The minimum atomic E-state index is -4.44. The Kier molecular flexibility index (Phi) is 6.63. The third kappa shape index (κ3) is 5.45. The molecule has 8 heteroatoms. The van der Waals surface area contributed by atoms with Gasteiger partial charge in [0, 0.05) is 25.7 Å². The third-order valence-electron chi connectivity index (χ3n) is 4.66. The largest absolute Gasteiger partial charge is 0.480 e. The monoisotopic (exact) mass is 373 g/mol. The van der Waals surface area contributed by atoms with Crippen molar-refractivity contribution in [2.24, 2.45) is 11.8 Å². The second-order valence-electron chi connectivity index (χ2n) is 6.52. The molecule has 26 heavy (non-hydrogen) atoms. The molecule has 1 atom stereocenters. The SMILES string of the molecule is CC(C(=O)N(CC(=O)O)Cc1ccc(C(F)(F)F)cc1)C1CCOCC1. The van der Waals surface area contributed by atoms with E-state index >= 15 is 0 Å². The summed E-state index contributed by atoms with van der Waals surface area (Å²) in [5.74, 6) is -1.73. The summed E-state index contributed by atoms with van der Waals surface area (Å²) < 4.78 is 43.2. The number of alkyl halides is 3. The first-order chi connectivity index (χ1) is 12.2. The second-order valence-corrected chi connectivity index (χ2v) is 6.52. The lowest BCUT2D eigenvalue weighted by molar-refractivity contribution is -0.148. The molecule has 1 aliphatic rings. The molecule has 0 saturated carbocycles. The van der Waals surface area contributed by atoms with Crippen molar-refractivity contribution >= 4 is 11.9 Å². The Hall–Kier alpha value is -2.09. The fourth-order valence-electron chi connectivity index (χ4n) is 3.10. The Morgan fingerprint density at radius 3 is 2.31 bits per heavy atom. The molecule has 0 spiro atoms. The average molecular weight is 373 g/mol. The normalized spacial score (nSPS) is 16.9. The van der Waals surface area contributed by atoms with E-state index in [0.717, 1.165) is 25.0 Å². The minimum Gasteiger partial charge on any atom is -0.480 e. The number of ether oxygens (including phenoxy) is 1. The number of carboxylic acid groups (broad SMARTS) is 1. The van der Waals surface area contributed by atoms with Gasteiger partial charge >= 0.3 is 12.1 Å². The van der Waals surface area contributed by atoms with Crippen LogP contribution in [0, 0.1) is 11.8 Å². The molecule has 1 saturated heterocycles. The molecule has 2 rings (SSSR count). The van der Waals surface area contributed by atoms with Crippen molar-refractivity contribution in [1.29, 1.82) is 0 Å². The van der Waals surface area contributed by atoms with Gasteiger partial charge in [-0.1, -0.05) is 19.1 Å². The first-order valence-corrected chi connectivity index (χ1v) is 8.43. The number of benzene rings is 1. The van der Waals surface area contributed by atoms with Crippen LogP contribution in [0.1, 0.15) is 30.9 Å². The van der Waals surface area contributed by atoms with Crippen molar-refractivity contribution in [2.75, 3.05) is 19.8 Å². The predicted octanol–water partition coefficient (Wildman–Crippen LogP) is 3.18. The highest BCUT2D eigenvalue weighted by Crippen LogP contribution is 2.30. The standard InChI is InChI=1S/C18H22F3NO4/c1-12(14-6-8-26-9-7-14)17(25)22(11-16(23)24)10-13-2-4-15(5-3-13)18(19,20)21/h2-5,12,14H,6-11H2,1H3,(H,23,24). The van der Waals surface area contributed by atoms with E-state index in [9.17, 15) is 22.8 Å². The fraction of sp³-hybridized carbons (Fsp3) is 0.556. The molecular formula is C18H22F3NO4. The van der Waals surface area contributed by atoms with Gasteiger partial charge in [-0.15, -0.1) is 0 Å². The highest BCUT2D eigenvalue weighted by molar-refractivity contribution is 5.83. The summed E-state index contributed by atoms with van der Waals surface area (Å²) in [7, 11) is 0. The number of carbonyl (C=O) groups is 2. The number of carbonyl (C=O) groups excluding carboxylic acids is 1. The van der Waals surface area contributed by atoms with Gasteiger partial charge in [-0.25, -0.2) is 0 Å². The van der Waals surface area contributed by atoms with Crippen molar-refractivity contribution < 1.29 is 32.6 Å². The Balaban J connectivity index is 2.10. The zero-order chi connectivity index (χ0) is 19.3. The quantitative estimate of drug-likeness (QED) is 0.832. The van der Waals surface area contributed by atoms with Gasteiger partial charge in [0.2, 0.25) is 5.91 Å². The van der Waals surface area contributed by atoms with Crippen LogP contribution in [0.15, 0.2) is 24.3 Å². The molecule has 0 aromatic heterocycles. The smallest absolute Gasteiger partial charge is 0.416 e. The summed E-state index contributed by atoms with van der Waals surface area (Å²) in [5.41, 5.74) is -0.334. The van der Waals surface area contributed by atoms with E-state index in [-0.39, 0.29) is 24.3 Å². The summed E-state index contributed by atoms with van der Waals surface area (Å²) in [5, 5.41) is 9.09. The lowest BCUT2D eigenvalue weighted by atomic mass is 9.86. The van der Waals surface area contributed by atoms with Gasteiger partial charge in [-0.2, -0.15) is 13.2 Å². The van der Waals surface area contributed by atoms with Gasteiger partial charge in [0.1, 0.15) is 6.54 Å². The predicted molar refractivity (Wildman–Crippen MR) is 87.2 cm³/mol. The average Bonchev–Trinajstić information content (AvgIpc) is 2.60. The van der Waals surface area contributed by atoms with E-state index in [1.807, 2.05) is 0 Å². The van der Waals surface area contributed by atoms with Crippen LogP contribution < -0.4 is 0 Å². The number of nitrogens with zero attached hydrogens (tertiary/aromatic N) is 1. The number of rotatable bonds is 6. The van der Waals surface area contributed by atoms with Gasteiger partial charge in [0.05, 0.1) is 5.56 Å². The van der Waals surface area contributed by atoms with E-state index in [1.54, 1.807) is 6.92 Å². The van der Waals surface area contributed by atoms with Crippen molar-refractivity contribution in [1.82, 2.24) is 4.90 Å². The highest BCUT2D eigenvalue weighted by Gasteiger charge is 2.32. The zero-order valence-electron chi connectivity index (χ0n) is 14.5. The van der Waals surface area contributed by atoms with Crippen LogP contribution in [0.5, 0.6) is 0 Å². The minimum absolute atomic E-state index is 0.0448. The van der Waals surface area contributed by atoms with Crippen LogP contribution in [0.4, 0.5) is 13.2 Å². The first kappa shape index (κ1) is 20.2. The molecule has 1 unspecified atom stereocenters. The lowest BCUT2D eigenvalue weighted by Gasteiger charge is -2.31. The Morgan fingerprint density at radius 2 is 1.81 bits per heavy atom. The Bertz CT molecular complexity index is 624. The Labute approximate surface area is 149 Å². The maximum atomic E-state index is 12.8. The van der Waals surface area contributed by atoms with Crippen LogP contribution >= 0.6 is 0 Å². The van der Waals surface area contributed by atoms with E-state index in [4.69, 9.17) is 9.84 Å². The van der Waals surface area contributed by atoms with Crippen molar-refractivity contribution in [3.8, 4) is 0 Å². The van der Waals surface area contributed by atoms with Crippen LogP contribution in [0.2, 0.25) is 0 Å². The highest BCUT2D eigenvalue weighted by atomic mass is 19.4. The molecule has 0 radical (unpaired) electrons. The molecular weight excluding hydrogens is 351 g/mol. The van der Waals surface area contributed by atoms with Crippen molar-refractivity contribution in [3.63, 3.8) is 0 Å². The summed E-state index contributed by atoms with van der Waals surface area (Å²) in [6.45, 7) is 2.37. The maximum absolute atomic E-state index is 12.8. The van der Waals surface area contributed by atoms with Crippen LogP contribution in [-0.2, 0) is 27.0 Å². The number of carboxylic acids is 1. The topological polar surface area (TPSA) is 66.8 Å². The summed E-state index contributed by atoms with van der Waals surface area (Å²) in [6, 6.07) is 4.40. The molecule has 1 aromatic carbocycles. The van der Waals surface area contributed by atoms with E-state index in [2.05, 4.69) is 0 Å². The number of halogens is 3. The van der Waals surface area contributed by atoms with Crippen molar-refractivity contribution in [3.05, 3.63) is 35.4 Å². The van der Waals surface area contributed by atoms with E-state index in [0.29, 0.717) is 18.8 Å². The zero-order valence-corrected chi connectivity index (χ0v) is 14.5. The van der Waals surface area contributed by atoms with Crippen molar-refractivity contribution in [2.45, 2.75) is 32.5 Å². The number of amides is 1. The molecule has 144 valence electrons. The van der Waals surface area contributed by atoms with E-state index in [1.165, 1.54) is 17.0 Å². The summed E-state index contributed by atoms with van der Waals surface area (Å²) in [4.78, 5) is 25.1. The summed E-state index contributed by atoms with van der Waals surface area (Å²) >= 11 is 0. The van der Waals surface area contributed by atoms with Gasteiger partial charge in [0.15, 0.2) is 0 Å². The lowest BCUT2D eigenvalue weighted by Crippen LogP contribution is -2.41. The fourth-order valence-corrected chi connectivity index (χ4v) is 3.10. The van der Waals surface area contributed by atoms with Gasteiger partial charge in [-0.05, 0) is 36.5 Å². The molecule has 1 N–H and O–H groups in total. The Morgan fingerprint density at radius 1 is 1.23 bits per heavy atom. The van der Waals surface area contributed by atoms with E-state index < -0.39 is 24.3 Å². The molecule has 0 bridgehead atoms. The van der Waals surface area contributed by atoms with Gasteiger partial charge < -0.3 is 14.7 Å². The van der Waals surface area contributed by atoms with Crippen LogP contribution in [0.3, 0.4) is 0 Å². The van der Waals surface area contributed by atoms with Crippen LogP contribution in [0.25, 0.3) is 0 Å².